The van der Waals surface area contributed by atoms with Crippen molar-refractivity contribution in [3.63, 3.8) is 0 Å². The van der Waals surface area contributed by atoms with Gasteiger partial charge < -0.3 is 10.6 Å². The molecule has 2 N–H and O–H groups in total. The average Bonchev–Trinajstić information content (AvgIpc) is 2.65. The van der Waals surface area contributed by atoms with Gasteiger partial charge in [0.15, 0.2) is 11.5 Å². The number of nitriles is 1. The van der Waals surface area contributed by atoms with Crippen molar-refractivity contribution in [1.82, 2.24) is 10.2 Å². The topological polar surface area (TPSA) is 90.7 Å². The summed E-state index contributed by atoms with van der Waals surface area (Å²) < 4.78 is 13.2. The first-order chi connectivity index (χ1) is 12.5. The van der Waals surface area contributed by atoms with Gasteiger partial charge in [0.05, 0.1) is 16.7 Å². The minimum absolute atomic E-state index is 0.0152. The summed E-state index contributed by atoms with van der Waals surface area (Å²) in [5.41, 5.74) is 1.57. The maximum Gasteiger partial charge on any atom is 0.276 e. The fourth-order valence-electron chi connectivity index (χ4n) is 2.10. The Morgan fingerprint density at radius 2 is 1.92 bits per heavy atom. The Bertz CT molecular complexity index is 1000. The van der Waals surface area contributed by atoms with E-state index >= 15 is 0 Å². The molecule has 0 unspecified atom stereocenters. The predicted molar refractivity (Wildman–Crippen MR) is 95.8 cm³/mol. The number of rotatable bonds is 4. The molecule has 0 bridgehead atoms. The van der Waals surface area contributed by atoms with E-state index in [0.29, 0.717) is 22.8 Å². The lowest BCUT2D eigenvalue weighted by atomic mass is 10.2. The van der Waals surface area contributed by atoms with Crippen LogP contribution in [0.5, 0.6) is 0 Å². The SMILES string of the molecule is N#Cc1cccc(NC(=O)c2ccc(Nc3ccc(F)c(Cl)c3)nn2)c1. The zero-order valence-electron chi connectivity index (χ0n) is 13.2. The summed E-state index contributed by atoms with van der Waals surface area (Å²) in [5.74, 6) is -0.601. The van der Waals surface area contributed by atoms with Gasteiger partial charge in [0.1, 0.15) is 5.82 Å². The van der Waals surface area contributed by atoms with E-state index in [9.17, 15) is 9.18 Å². The predicted octanol–water partition coefficient (Wildman–Crippen LogP) is 4.14. The minimum Gasteiger partial charge on any atom is -0.339 e. The van der Waals surface area contributed by atoms with Gasteiger partial charge in [0.2, 0.25) is 0 Å². The highest BCUT2D eigenvalue weighted by atomic mass is 35.5. The first kappa shape index (κ1) is 17.3. The molecule has 0 aliphatic rings. The molecule has 0 fully saturated rings. The molecular weight excluding hydrogens is 357 g/mol. The van der Waals surface area contributed by atoms with E-state index in [4.69, 9.17) is 16.9 Å². The summed E-state index contributed by atoms with van der Waals surface area (Å²) in [6, 6.07) is 15.7. The number of carbonyl (C=O) groups excluding carboxylic acids is 1. The molecule has 1 aromatic heterocycles. The summed E-state index contributed by atoms with van der Waals surface area (Å²) in [6.07, 6.45) is 0. The van der Waals surface area contributed by atoms with Crippen LogP contribution in [0.25, 0.3) is 0 Å². The fourth-order valence-corrected chi connectivity index (χ4v) is 2.28. The van der Waals surface area contributed by atoms with Crippen LogP contribution in [-0.4, -0.2) is 16.1 Å². The highest BCUT2D eigenvalue weighted by Gasteiger charge is 2.09. The molecule has 0 aliphatic heterocycles. The zero-order chi connectivity index (χ0) is 18.5. The quantitative estimate of drug-likeness (QED) is 0.723. The van der Waals surface area contributed by atoms with Gasteiger partial charge in [-0.1, -0.05) is 17.7 Å². The van der Waals surface area contributed by atoms with E-state index in [0.717, 1.165) is 0 Å². The second kappa shape index (κ2) is 7.59. The third kappa shape index (κ3) is 4.12. The molecule has 0 atom stereocenters. The molecule has 1 heterocycles. The van der Waals surface area contributed by atoms with E-state index < -0.39 is 11.7 Å². The number of hydrogen-bond donors (Lipinski definition) is 2. The van der Waals surface area contributed by atoms with Crippen molar-refractivity contribution in [3.8, 4) is 6.07 Å². The maximum absolute atomic E-state index is 13.2. The van der Waals surface area contributed by atoms with Crippen LogP contribution in [-0.2, 0) is 0 Å². The zero-order valence-corrected chi connectivity index (χ0v) is 14.0. The highest BCUT2D eigenvalue weighted by molar-refractivity contribution is 6.31. The molecule has 1 amide bonds. The van der Waals surface area contributed by atoms with Gasteiger partial charge in [0, 0.05) is 11.4 Å². The van der Waals surface area contributed by atoms with Crippen molar-refractivity contribution < 1.29 is 9.18 Å². The third-order valence-electron chi connectivity index (χ3n) is 3.34. The van der Waals surface area contributed by atoms with Crippen molar-refractivity contribution >= 4 is 34.7 Å². The lowest BCUT2D eigenvalue weighted by Gasteiger charge is -2.07. The summed E-state index contributed by atoms with van der Waals surface area (Å²) in [6.45, 7) is 0. The van der Waals surface area contributed by atoms with Crippen LogP contribution in [0.1, 0.15) is 16.1 Å². The number of nitrogens with one attached hydrogen (secondary N) is 2. The Hall–Kier alpha value is -3.50. The Morgan fingerprint density at radius 1 is 1.08 bits per heavy atom. The Morgan fingerprint density at radius 3 is 2.62 bits per heavy atom. The van der Waals surface area contributed by atoms with Crippen LogP contribution in [0.2, 0.25) is 5.02 Å². The number of hydrogen-bond acceptors (Lipinski definition) is 5. The molecule has 6 nitrogen and oxygen atoms in total. The molecule has 0 radical (unpaired) electrons. The smallest absolute Gasteiger partial charge is 0.276 e. The summed E-state index contributed by atoms with van der Waals surface area (Å²) in [7, 11) is 0. The van der Waals surface area contributed by atoms with E-state index in [1.807, 2.05) is 6.07 Å². The third-order valence-corrected chi connectivity index (χ3v) is 3.63. The number of carbonyl (C=O) groups is 1. The fraction of sp³-hybridized carbons (Fsp3) is 0. The van der Waals surface area contributed by atoms with Crippen LogP contribution in [0.3, 0.4) is 0 Å². The number of anilines is 3. The largest absolute Gasteiger partial charge is 0.339 e. The Kier molecular flexibility index (Phi) is 5.06. The molecule has 8 heteroatoms. The molecule has 128 valence electrons. The number of benzene rings is 2. The van der Waals surface area contributed by atoms with Crippen LogP contribution >= 0.6 is 11.6 Å². The lowest BCUT2D eigenvalue weighted by molar-refractivity contribution is 0.102. The minimum atomic E-state index is -0.518. The Balaban J connectivity index is 1.69. The van der Waals surface area contributed by atoms with E-state index in [1.165, 1.54) is 24.3 Å². The molecule has 3 rings (SSSR count). The number of amides is 1. The Labute approximate surface area is 153 Å². The number of halogens is 2. The van der Waals surface area contributed by atoms with Gasteiger partial charge in [-0.05, 0) is 48.5 Å². The standard InChI is InChI=1S/C18H11ClFN5O/c19-14-9-13(4-5-15(14)20)22-17-7-6-16(24-25-17)18(26)23-12-3-1-2-11(8-12)10-21/h1-9H,(H,22,25)(H,23,26). The summed E-state index contributed by atoms with van der Waals surface area (Å²) in [4.78, 5) is 12.2. The van der Waals surface area contributed by atoms with Gasteiger partial charge in [-0.15, -0.1) is 10.2 Å². The van der Waals surface area contributed by atoms with E-state index in [-0.39, 0.29) is 10.7 Å². The van der Waals surface area contributed by atoms with Crippen molar-refractivity contribution in [2.75, 3.05) is 10.6 Å². The van der Waals surface area contributed by atoms with Gasteiger partial charge in [-0.3, -0.25) is 4.79 Å². The second-order valence-corrected chi connectivity index (χ2v) is 5.61. The second-order valence-electron chi connectivity index (χ2n) is 5.20. The van der Waals surface area contributed by atoms with Gasteiger partial charge in [0.25, 0.3) is 5.91 Å². The number of nitrogens with zero attached hydrogens (tertiary/aromatic N) is 3. The van der Waals surface area contributed by atoms with Crippen molar-refractivity contribution in [2.45, 2.75) is 0 Å². The van der Waals surface area contributed by atoms with E-state index in [2.05, 4.69) is 20.8 Å². The maximum atomic E-state index is 13.2. The normalized spacial score (nSPS) is 10.0. The van der Waals surface area contributed by atoms with Crippen LogP contribution in [0.15, 0.2) is 54.6 Å². The molecule has 0 spiro atoms. The average molecular weight is 368 g/mol. The van der Waals surface area contributed by atoms with Crippen LogP contribution in [0.4, 0.5) is 21.6 Å². The van der Waals surface area contributed by atoms with Crippen LogP contribution in [0, 0.1) is 17.1 Å². The molecule has 3 aromatic rings. The number of aromatic nitrogens is 2. The monoisotopic (exact) mass is 367 g/mol. The van der Waals surface area contributed by atoms with Crippen molar-refractivity contribution in [2.24, 2.45) is 0 Å². The van der Waals surface area contributed by atoms with Crippen LogP contribution < -0.4 is 10.6 Å². The van der Waals surface area contributed by atoms with Crippen molar-refractivity contribution in [1.29, 1.82) is 5.26 Å². The lowest BCUT2D eigenvalue weighted by Crippen LogP contribution is -2.14. The molecule has 2 aromatic carbocycles. The molecule has 0 aliphatic carbocycles. The molecule has 26 heavy (non-hydrogen) atoms. The molecule has 0 saturated heterocycles. The highest BCUT2D eigenvalue weighted by Crippen LogP contribution is 2.21. The first-order valence-electron chi connectivity index (χ1n) is 7.42. The summed E-state index contributed by atoms with van der Waals surface area (Å²) in [5, 5.41) is 22.2. The van der Waals surface area contributed by atoms with Crippen molar-refractivity contribution in [3.05, 3.63) is 76.7 Å². The molecular formula is C18H11ClFN5O. The van der Waals surface area contributed by atoms with E-state index in [1.54, 1.807) is 30.3 Å². The van der Waals surface area contributed by atoms with Gasteiger partial charge in [-0.2, -0.15) is 5.26 Å². The first-order valence-corrected chi connectivity index (χ1v) is 7.80. The van der Waals surface area contributed by atoms with Gasteiger partial charge >= 0.3 is 0 Å². The summed E-state index contributed by atoms with van der Waals surface area (Å²) >= 11 is 5.72. The molecule has 0 saturated carbocycles. The van der Waals surface area contributed by atoms with Gasteiger partial charge in [-0.25, -0.2) is 4.39 Å².